The minimum atomic E-state index is 0.315. The molecule has 1 aromatic heterocycles. The molecule has 1 fully saturated rings. The summed E-state index contributed by atoms with van der Waals surface area (Å²) in [6, 6.07) is 8.82. The van der Waals surface area contributed by atoms with Gasteiger partial charge in [0.1, 0.15) is 5.82 Å². The van der Waals surface area contributed by atoms with Gasteiger partial charge >= 0.3 is 0 Å². The molecule has 1 aliphatic carbocycles. The summed E-state index contributed by atoms with van der Waals surface area (Å²) in [6.45, 7) is 5.17. The second-order valence-corrected chi connectivity index (χ2v) is 7.27. The molecule has 0 spiro atoms. The minimum Gasteiger partial charge on any atom is -0.328 e. The molecular formula is C20H31N3. The molecule has 0 aliphatic heterocycles. The van der Waals surface area contributed by atoms with Crippen LogP contribution in [-0.2, 0) is 0 Å². The van der Waals surface area contributed by atoms with Gasteiger partial charge in [0.15, 0.2) is 0 Å². The number of nitrogens with two attached hydrogens (primary N) is 1. The minimum absolute atomic E-state index is 0.315. The second kappa shape index (κ2) is 7.48. The van der Waals surface area contributed by atoms with E-state index in [9.17, 15) is 0 Å². The maximum absolute atomic E-state index is 5.98. The van der Waals surface area contributed by atoms with Crippen LogP contribution in [0.2, 0.25) is 0 Å². The van der Waals surface area contributed by atoms with Crippen LogP contribution in [0.3, 0.4) is 0 Å². The Hall–Kier alpha value is -1.35. The standard InChI is InChI=1S/C20H31N3/c1-3-4-7-16-10-12-17(13-11-16)20-22-18-8-5-6-9-19(18)23(20)15(2)14-21/h5-6,8-9,15-17H,3-4,7,10-14,21H2,1-2H3. The van der Waals surface area contributed by atoms with Gasteiger partial charge in [0.2, 0.25) is 0 Å². The molecule has 2 N–H and O–H groups in total. The number of rotatable bonds is 6. The fourth-order valence-electron chi connectivity index (χ4n) is 4.12. The van der Waals surface area contributed by atoms with Crippen LogP contribution in [0.1, 0.15) is 76.6 Å². The van der Waals surface area contributed by atoms with Crippen LogP contribution in [0.4, 0.5) is 0 Å². The van der Waals surface area contributed by atoms with Gasteiger partial charge < -0.3 is 10.3 Å². The third kappa shape index (κ3) is 3.45. The lowest BCUT2D eigenvalue weighted by Gasteiger charge is -2.29. The average Bonchev–Trinajstić information content (AvgIpc) is 2.99. The molecule has 3 rings (SSSR count). The Morgan fingerprint density at radius 1 is 1.22 bits per heavy atom. The highest BCUT2D eigenvalue weighted by atomic mass is 15.1. The first-order valence-electron chi connectivity index (χ1n) is 9.41. The molecule has 3 nitrogen and oxygen atoms in total. The molecule has 23 heavy (non-hydrogen) atoms. The van der Waals surface area contributed by atoms with E-state index in [0.717, 1.165) is 11.4 Å². The number of imidazole rings is 1. The summed E-state index contributed by atoms with van der Waals surface area (Å²) in [4.78, 5) is 5.00. The van der Waals surface area contributed by atoms with Gasteiger partial charge in [-0.05, 0) is 50.7 Å². The molecule has 0 saturated heterocycles. The van der Waals surface area contributed by atoms with E-state index in [1.165, 1.54) is 56.3 Å². The molecule has 0 radical (unpaired) electrons. The second-order valence-electron chi connectivity index (χ2n) is 7.27. The van der Waals surface area contributed by atoms with Crippen molar-refractivity contribution in [2.24, 2.45) is 11.7 Å². The van der Waals surface area contributed by atoms with E-state index in [2.05, 4.69) is 42.7 Å². The van der Waals surface area contributed by atoms with Gasteiger partial charge in [-0.25, -0.2) is 4.98 Å². The maximum atomic E-state index is 5.98. The van der Waals surface area contributed by atoms with Gasteiger partial charge in [0, 0.05) is 18.5 Å². The van der Waals surface area contributed by atoms with Crippen molar-refractivity contribution in [3.8, 4) is 0 Å². The molecule has 1 atom stereocenters. The Morgan fingerprint density at radius 2 is 1.96 bits per heavy atom. The Morgan fingerprint density at radius 3 is 2.65 bits per heavy atom. The van der Waals surface area contributed by atoms with Crippen LogP contribution in [0.25, 0.3) is 11.0 Å². The van der Waals surface area contributed by atoms with Crippen LogP contribution in [0, 0.1) is 5.92 Å². The first-order chi connectivity index (χ1) is 11.2. The topological polar surface area (TPSA) is 43.8 Å². The summed E-state index contributed by atoms with van der Waals surface area (Å²) in [6.07, 6.45) is 9.43. The van der Waals surface area contributed by atoms with Crippen LogP contribution < -0.4 is 5.73 Å². The van der Waals surface area contributed by atoms with Gasteiger partial charge in [0.05, 0.1) is 11.0 Å². The zero-order chi connectivity index (χ0) is 16.2. The van der Waals surface area contributed by atoms with Crippen molar-refractivity contribution in [3.63, 3.8) is 0 Å². The molecular weight excluding hydrogens is 282 g/mol. The van der Waals surface area contributed by atoms with Gasteiger partial charge in [-0.1, -0.05) is 38.3 Å². The lowest BCUT2D eigenvalue weighted by molar-refractivity contribution is 0.293. The van der Waals surface area contributed by atoms with E-state index < -0.39 is 0 Å². The van der Waals surface area contributed by atoms with Gasteiger partial charge in [-0.2, -0.15) is 0 Å². The number of hydrogen-bond acceptors (Lipinski definition) is 2. The van der Waals surface area contributed by atoms with Crippen molar-refractivity contribution >= 4 is 11.0 Å². The van der Waals surface area contributed by atoms with Crippen molar-refractivity contribution in [3.05, 3.63) is 30.1 Å². The summed E-state index contributed by atoms with van der Waals surface area (Å²) in [5, 5.41) is 0. The van der Waals surface area contributed by atoms with E-state index in [4.69, 9.17) is 10.7 Å². The highest BCUT2D eigenvalue weighted by molar-refractivity contribution is 5.76. The lowest BCUT2D eigenvalue weighted by Crippen LogP contribution is -2.22. The van der Waals surface area contributed by atoms with Gasteiger partial charge in [0.25, 0.3) is 0 Å². The van der Waals surface area contributed by atoms with Crippen molar-refractivity contribution in [1.82, 2.24) is 9.55 Å². The molecule has 3 heteroatoms. The van der Waals surface area contributed by atoms with Crippen LogP contribution in [-0.4, -0.2) is 16.1 Å². The zero-order valence-electron chi connectivity index (χ0n) is 14.7. The first-order valence-corrected chi connectivity index (χ1v) is 9.41. The predicted molar refractivity (Wildman–Crippen MR) is 97.7 cm³/mol. The fraction of sp³-hybridized carbons (Fsp3) is 0.650. The van der Waals surface area contributed by atoms with Crippen molar-refractivity contribution < 1.29 is 0 Å². The number of benzene rings is 1. The summed E-state index contributed by atoms with van der Waals surface area (Å²) in [5.41, 5.74) is 8.35. The van der Waals surface area contributed by atoms with E-state index in [0.29, 0.717) is 18.5 Å². The van der Waals surface area contributed by atoms with E-state index in [1.54, 1.807) is 0 Å². The molecule has 1 unspecified atom stereocenters. The average molecular weight is 313 g/mol. The molecule has 1 aliphatic rings. The third-order valence-corrected chi connectivity index (χ3v) is 5.58. The highest BCUT2D eigenvalue weighted by Crippen LogP contribution is 2.39. The highest BCUT2D eigenvalue weighted by Gasteiger charge is 2.27. The van der Waals surface area contributed by atoms with Crippen LogP contribution >= 0.6 is 0 Å². The van der Waals surface area contributed by atoms with Crippen molar-refractivity contribution in [2.45, 2.75) is 70.8 Å². The van der Waals surface area contributed by atoms with Crippen molar-refractivity contribution in [1.29, 1.82) is 0 Å². The van der Waals surface area contributed by atoms with Crippen molar-refractivity contribution in [2.75, 3.05) is 6.54 Å². The molecule has 1 heterocycles. The zero-order valence-corrected chi connectivity index (χ0v) is 14.7. The monoisotopic (exact) mass is 313 g/mol. The van der Waals surface area contributed by atoms with E-state index >= 15 is 0 Å². The molecule has 1 aromatic carbocycles. The number of unbranched alkanes of at least 4 members (excludes halogenated alkanes) is 1. The lowest BCUT2D eigenvalue weighted by atomic mass is 9.79. The number of nitrogens with zero attached hydrogens (tertiary/aromatic N) is 2. The molecule has 2 aromatic rings. The Labute approximate surface area is 140 Å². The molecule has 0 bridgehead atoms. The largest absolute Gasteiger partial charge is 0.328 e. The molecule has 1 saturated carbocycles. The Kier molecular flexibility index (Phi) is 5.37. The smallest absolute Gasteiger partial charge is 0.113 e. The normalized spacial score (nSPS) is 23.3. The Balaban J connectivity index is 1.83. The fourth-order valence-corrected chi connectivity index (χ4v) is 4.12. The van der Waals surface area contributed by atoms with Gasteiger partial charge in [-0.15, -0.1) is 0 Å². The quantitative estimate of drug-likeness (QED) is 0.813. The van der Waals surface area contributed by atoms with E-state index in [1.807, 2.05) is 0 Å². The maximum Gasteiger partial charge on any atom is 0.113 e. The Bertz CT molecular complexity index is 623. The van der Waals surface area contributed by atoms with Gasteiger partial charge in [-0.3, -0.25) is 0 Å². The first kappa shape index (κ1) is 16.5. The number of para-hydroxylation sites is 2. The number of fused-ring (bicyclic) bond motifs is 1. The summed E-state index contributed by atoms with van der Waals surface area (Å²) in [5.74, 6) is 2.82. The summed E-state index contributed by atoms with van der Waals surface area (Å²) < 4.78 is 2.41. The van der Waals surface area contributed by atoms with E-state index in [-0.39, 0.29) is 0 Å². The SMILES string of the molecule is CCCCC1CCC(c2nc3ccccc3n2C(C)CN)CC1. The summed E-state index contributed by atoms with van der Waals surface area (Å²) >= 11 is 0. The summed E-state index contributed by atoms with van der Waals surface area (Å²) in [7, 11) is 0. The van der Waals surface area contributed by atoms with Crippen LogP contribution in [0.5, 0.6) is 0 Å². The number of aromatic nitrogens is 2. The molecule has 126 valence electrons. The predicted octanol–water partition coefficient (Wildman–Crippen LogP) is 5.02. The van der Waals surface area contributed by atoms with Crippen LogP contribution in [0.15, 0.2) is 24.3 Å². The third-order valence-electron chi connectivity index (χ3n) is 5.58. The molecule has 0 amide bonds. The number of hydrogen-bond donors (Lipinski definition) is 1.